The molecule has 2 aromatic heterocycles. The largest absolute Gasteiger partial charge is 0.380 e. The molecule has 0 aliphatic heterocycles. The molecule has 0 aromatic carbocycles. The molecule has 0 fully saturated rings. The minimum absolute atomic E-state index is 0.566. The Morgan fingerprint density at radius 3 is 2.81 bits per heavy atom. The second-order valence-electron chi connectivity index (χ2n) is 3.34. The molecule has 1 unspecified atom stereocenters. The first-order valence-electron chi connectivity index (χ1n) is 4.82. The molecule has 7 heteroatoms. The monoisotopic (exact) mass is 350 g/mol. The van der Waals surface area contributed by atoms with Crippen molar-refractivity contribution in [3.63, 3.8) is 0 Å². The van der Waals surface area contributed by atoms with Crippen molar-refractivity contribution in [1.82, 2.24) is 19.4 Å². The molecule has 86 valence electrons. The van der Waals surface area contributed by atoms with Crippen LogP contribution in [-0.4, -0.2) is 24.5 Å². The van der Waals surface area contributed by atoms with Crippen LogP contribution in [0.5, 0.6) is 0 Å². The number of aryl methyl sites for hydroxylation is 2. The van der Waals surface area contributed by atoms with Crippen LogP contribution in [0.2, 0.25) is 0 Å². The van der Waals surface area contributed by atoms with Gasteiger partial charge in [0.25, 0.3) is 0 Å². The van der Waals surface area contributed by atoms with Crippen molar-refractivity contribution in [2.45, 2.75) is 19.4 Å². The average Bonchev–Trinajstić information content (AvgIpc) is 2.84. The number of rotatable bonds is 3. The molecule has 0 spiro atoms. The van der Waals surface area contributed by atoms with Gasteiger partial charge in [0.05, 0.1) is 5.69 Å². The quantitative estimate of drug-likeness (QED) is 0.853. The molecule has 1 atom stereocenters. The van der Waals surface area contributed by atoms with E-state index in [9.17, 15) is 5.11 Å². The Morgan fingerprint density at radius 1 is 1.56 bits per heavy atom. The van der Waals surface area contributed by atoms with E-state index in [0.717, 1.165) is 11.3 Å². The van der Waals surface area contributed by atoms with Crippen LogP contribution in [0.25, 0.3) is 0 Å². The Balaban J connectivity index is 2.31. The third-order valence-electron chi connectivity index (χ3n) is 2.16. The molecule has 0 saturated heterocycles. The molecule has 16 heavy (non-hydrogen) atoms. The lowest BCUT2D eigenvalue weighted by Gasteiger charge is -2.02. The normalized spacial score (nSPS) is 13.0. The van der Waals surface area contributed by atoms with Crippen molar-refractivity contribution in [2.75, 3.05) is 0 Å². The fourth-order valence-corrected chi connectivity index (χ4v) is 2.72. The number of hydrogen-bond acceptors (Lipinski definition) is 5. The van der Waals surface area contributed by atoms with E-state index in [-0.39, 0.29) is 0 Å². The predicted molar refractivity (Wildman–Crippen MR) is 69.3 cm³/mol. The van der Waals surface area contributed by atoms with Crippen molar-refractivity contribution in [3.8, 4) is 0 Å². The fraction of sp³-hybridized carbons (Fsp3) is 0.444. The second-order valence-corrected chi connectivity index (χ2v) is 5.25. The number of hydrogen-bond donors (Lipinski definition) is 1. The molecule has 2 heterocycles. The maximum absolute atomic E-state index is 10.1. The molecular formula is C9H11IN4OS. The van der Waals surface area contributed by atoms with Crippen molar-refractivity contribution in [2.24, 2.45) is 7.05 Å². The summed E-state index contributed by atoms with van der Waals surface area (Å²) >= 11 is 3.48. The lowest BCUT2D eigenvalue weighted by Crippen LogP contribution is -2.03. The molecule has 0 amide bonds. The van der Waals surface area contributed by atoms with Gasteiger partial charge >= 0.3 is 0 Å². The SMILES string of the molecule is CCc1cc(C(O)c2nn(C)nc2I)ns1. The van der Waals surface area contributed by atoms with Crippen LogP contribution in [0.3, 0.4) is 0 Å². The van der Waals surface area contributed by atoms with Gasteiger partial charge in [0.1, 0.15) is 15.5 Å². The molecule has 0 saturated carbocycles. The maximum atomic E-state index is 10.1. The highest BCUT2D eigenvalue weighted by Gasteiger charge is 2.21. The Kier molecular flexibility index (Phi) is 3.55. The molecule has 0 bridgehead atoms. The summed E-state index contributed by atoms with van der Waals surface area (Å²) in [6.07, 6.45) is 0.152. The Labute approximate surface area is 111 Å². The summed E-state index contributed by atoms with van der Waals surface area (Å²) in [7, 11) is 1.73. The number of aliphatic hydroxyl groups is 1. The van der Waals surface area contributed by atoms with Crippen LogP contribution < -0.4 is 0 Å². The third kappa shape index (κ3) is 2.25. The third-order valence-corrected chi connectivity index (χ3v) is 3.87. The zero-order valence-electron chi connectivity index (χ0n) is 8.88. The van der Waals surface area contributed by atoms with Crippen LogP contribution in [-0.2, 0) is 13.5 Å². The number of nitrogens with zero attached hydrogens (tertiary/aromatic N) is 4. The smallest absolute Gasteiger partial charge is 0.149 e. The van der Waals surface area contributed by atoms with Gasteiger partial charge in [-0.3, -0.25) is 0 Å². The van der Waals surface area contributed by atoms with Crippen molar-refractivity contribution < 1.29 is 5.11 Å². The fourth-order valence-electron chi connectivity index (χ4n) is 1.33. The highest BCUT2D eigenvalue weighted by molar-refractivity contribution is 14.1. The van der Waals surface area contributed by atoms with Crippen LogP contribution in [0.4, 0.5) is 0 Å². The molecule has 0 aliphatic rings. The molecule has 0 aliphatic carbocycles. The highest BCUT2D eigenvalue weighted by atomic mass is 127. The van der Waals surface area contributed by atoms with Crippen LogP contribution in [0, 0.1) is 3.70 Å². The van der Waals surface area contributed by atoms with E-state index in [0.29, 0.717) is 15.1 Å². The summed E-state index contributed by atoms with van der Waals surface area (Å²) in [6, 6.07) is 1.92. The zero-order chi connectivity index (χ0) is 11.7. The standard InChI is InChI=1S/C9H11IN4OS/c1-3-5-4-6(13-16-5)8(15)7-9(10)12-14(2)11-7/h4,8,15H,3H2,1-2H3. The maximum Gasteiger partial charge on any atom is 0.149 e. The molecule has 5 nitrogen and oxygen atoms in total. The van der Waals surface area contributed by atoms with Crippen LogP contribution >= 0.6 is 34.1 Å². The first kappa shape index (κ1) is 11.9. The van der Waals surface area contributed by atoms with Gasteiger partial charge in [-0.1, -0.05) is 6.92 Å². The van der Waals surface area contributed by atoms with E-state index < -0.39 is 6.10 Å². The Hall–Kier alpha value is -0.540. The summed E-state index contributed by atoms with van der Waals surface area (Å²) in [6.45, 7) is 2.07. The lowest BCUT2D eigenvalue weighted by atomic mass is 10.2. The average molecular weight is 350 g/mol. The minimum Gasteiger partial charge on any atom is -0.380 e. The lowest BCUT2D eigenvalue weighted by molar-refractivity contribution is 0.209. The molecule has 1 N–H and O–H groups in total. The second kappa shape index (κ2) is 4.76. The van der Waals surface area contributed by atoms with Gasteiger partial charge in [0, 0.05) is 11.9 Å². The summed E-state index contributed by atoms with van der Waals surface area (Å²) in [5.41, 5.74) is 1.22. The summed E-state index contributed by atoms with van der Waals surface area (Å²) in [5, 5.41) is 18.3. The van der Waals surface area contributed by atoms with Crippen molar-refractivity contribution in [1.29, 1.82) is 0 Å². The predicted octanol–water partition coefficient (Wildman–Crippen LogP) is 1.52. The molecule has 0 radical (unpaired) electrons. The zero-order valence-corrected chi connectivity index (χ0v) is 11.9. The van der Waals surface area contributed by atoms with Gasteiger partial charge in [-0.05, 0) is 46.6 Å². The van der Waals surface area contributed by atoms with Gasteiger partial charge in [-0.2, -0.15) is 14.3 Å². The first-order valence-corrected chi connectivity index (χ1v) is 6.67. The molecular weight excluding hydrogens is 339 g/mol. The topological polar surface area (TPSA) is 63.8 Å². The number of halogens is 1. The van der Waals surface area contributed by atoms with Gasteiger partial charge in [0.2, 0.25) is 0 Å². The van der Waals surface area contributed by atoms with Crippen molar-refractivity contribution in [3.05, 3.63) is 26.0 Å². The van der Waals surface area contributed by atoms with Gasteiger partial charge < -0.3 is 5.11 Å². The van der Waals surface area contributed by atoms with Gasteiger partial charge in [0.15, 0.2) is 0 Å². The van der Waals surface area contributed by atoms with Gasteiger partial charge in [-0.25, -0.2) is 0 Å². The highest BCUT2D eigenvalue weighted by Crippen LogP contribution is 2.24. The van der Waals surface area contributed by atoms with Crippen molar-refractivity contribution >= 4 is 34.1 Å². The minimum atomic E-state index is -0.780. The number of aromatic nitrogens is 4. The van der Waals surface area contributed by atoms with E-state index in [1.54, 1.807) is 7.05 Å². The van der Waals surface area contributed by atoms with E-state index in [1.807, 2.05) is 6.07 Å². The Bertz CT molecular complexity index is 495. The van der Waals surface area contributed by atoms with E-state index in [2.05, 4.69) is 44.1 Å². The summed E-state index contributed by atoms with van der Waals surface area (Å²) in [5.74, 6) is 0. The first-order chi connectivity index (χ1) is 7.61. The molecule has 2 rings (SSSR count). The number of aliphatic hydroxyl groups excluding tert-OH is 1. The van der Waals surface area contributed by atoms with E-state index in [1.165, 1.54) is 16.3 Å². The van der Waals surface area contributed by atoms with E-state index in [4.69, 9.17) is 0 Å². The van der Waals surface area contributed by atoms with E-state index >= 15 is 0 Å². The Morgan fingerprint density at radius 2 is 2.31 bits per heavy atom. The molecule has 2 aromatic rings. The van der Waals surface area contributed by atoms with Crippen LogP contribution in [0.1, 0.15) is 29.3 Å². The van der Waals surface area contributed by atoms with Gasteiger partial charge in [-0.15, -0.1) is 5.10 Å². The van der Waals surface area contributed by atoms with Crippen LogP contribution in [0.15, 0.2) is 6.07 Å². The summed E-state index contributed by atoms with van der Waals surface area (Å²) in [4.78, 5) is 2.61. The summed E-state index contributed by atoms with van der Waals surface area (Å²) < 4.78 is 4.93.